The Morgan fingerprint density at radius 2 is 1.73 bits per heavy atom. The van der Waals surface area contributed by atoms with Crippen molar-refractivity contribution >= 4 is 17.6 Å². The summed E-state index contributed by atoms with van der Waals surface area (Å²) in [5.74, 6) is -0.181. The van der Waals surface area contributed by atoms with Gasteiger partial charge in [0.25, 0.3) is 5.91 Å². The number of aliphatic carboxylic acids is 1. The van der Waals surface area contributed by atoms with Crippen LogP contribution in [0, 0.1) is 0 Å². The first-order valence-corrected chi connectivity index (χ1v) is 8.19. The summed E-state index contributed by atoms with van der Waals surface area (Å²) < 4.78 is 16.0. The minimum absolute atomic E-state index is 0.268. The fourth-order valence-electron chi connectivity index (χ4n) is 2.21. The SMILES string of the molecule is CCOc1cccc(NC(=O)c2ccc(OCC(=O)O)c(OCC)c2)c1. The van der Waals surface area contributed by atoms with Crippen LogP contribution in [-0.4, -0.2) is 36.8 Å². The van der Waals surface area contributed by atoms with Gasteiger partial charge in [0, 0.05) is 17.3 Å². The monoisotopic (exact) mass is 359 g/mol. The van der Waals surface area contributed by atoms with Gasteiger partial charge in [-0.15, -0.1) is 0 Å². The number of carbonyl (C=O) groups is 2. The van der Waals surface area contributed by atoms with E-state index >= 15 is 0 Å². The van der Waals surface area contributed by atoms with Crippen molar-refractivity contribution in [2.24, 2.45) is 0 Å². The smallest absolute Gasteiger partial charge is 0.341 e. The van der Waals surface area contributed by atoms with Crippen LogP contribution in [0.25, 0.3) is 0 Å². The zero-order chi connectivity index (χ0) is 18.9. The van der Waals surface area contributed by atoms with Crippen LogP contribution in [0.15, 0.2) is 42.5 Å². The Morgan fingerprint density at radius 1 is 0.962 bits per heavy atom. The molecule has 0 bridgehead atoms. The van der Waals surface area contributed by atoms with Crippen molar-refractivity contribution in [3.05, 3.63) is 48.0 Å². The lowest BCUT2D eigenvalue weighted by Crippen LogP contribution is -2.13. The molecule has 0 saturated heterocycles. The number of hydrogen-bond donors (Lipinski definition) is 2. The number of nitrogens with one attached hydrogen (secondary N) is 1. The van der Waals surface area contributed by atoms with E-state index in [0.29, 0.717) is 36.0 Å². The average Bonchev–Trinajstić information content (AvgIpc) is 2.61. The predicted octanol–water partition coefficient (Wildman–Crippen LogP) is 3.20. The van der Waals surface area contributed by atoms with E-state index in [1.807, 2.05) is 6.92 Å². The molecule has 2 aromatic carbocycles. The third kappa shape index (κ3) is 5.41. The zero-order valence-corrected chi connectivity index (χ0v) is 14.7. The molecule has 0 aromatic heterocycles. The van der Waals surface area contributed by atoms with Gasteiger partial charge in [-0.2, -0.15) is 0 Å². The molecular formula is C19H21NO6. The molecule has 2 aromatic rings. The fourth-order valence-corrected chi connectivity index (χ4v) is 2.21. The van der Waals surface area contributed by atoms with Crippen molar-refractivity contribution in [2.45, 2.75) is 13.8 Å². The van der Waals surface area contributed by atoms with Crippen molar-refractivity contribution in [3.8, 4) is 17.2 Å². The van der Waals surface area contributed by atoms with Gasteiger partial charge >= 0.3 is 5.97 Å². The van der Waals surface area contributed by atoms with E-state index in [1.54, 1.807) is 37.3 Å². The molecule has 0 aliphatic heterocycles. The Balaban J connectivity index is 2.16. The molecule has 1 amide bonds. The lowest BCUT2D eigenvalue weighted by atomic mass is 10.1. The predicted molar refractivity (Wildman–Crippen MR) is 96.3 cm³/mol. The molecule has 0 aliphatic carbocycles. The summed E-state index contributed by atoms with van der Waals surface area (Å²) in [6.07, 6.45) is 0. The maximum absolute atomic E-state index is 12.5. The standard InChI is InChI=1S/C19H21NO6/c1-3-24-15-7-5-6-14(11-15)20-19(23)13-8-9-16(26-12-18(21)22)17(10-13)25-4-2/h5-11H,3-4,12H2,1-2H3,(H,20,23)(H,21,22). The van der Waals surface area contributed by atoms with Crippen molar-refractivity contribution in [2.75, 3.05) is 25.1 Å². The first-order chi connectivity index (χ1) is 12.5. The van der Waals surface area contributed by atoms with Crippen LogP contribution in [0.1, 0.15) is 24.2 Å². The van der Waals surface area contributed by atoms with Crippen molar-refractivity contribution in [1.82, 2.24) is 0 Å². The molecular weight excluding hydrogens is 338 g/mol. The van der Waals surface area contributed by atoms with E-state index in [1.165, 1.54) is 12.1 Å². The van der Waals surface area contributed by atoms with Gasteiger partial charge in [0.05, 0.1) is 13.2 Å². The topological polar surface area (TPSA) is 94.1 Å². The highest BCUT2D eigenvalue weighted by Crippen LogP contribution is 2.29. The summed E-state index contributed by atoms with van der Waals surface area (Å²) in [4.78, 5) is 23.1. The maximum Gasteiger partial charge on any atom is 0.341 e. The van der Waals surface area contributed by atoms with E-state index in [4.69, 9.17) is 19.3 Å². The second-order valence-corrected chi connectivity index (χ2v) is 5.19. The molecule has 7 nitrogen and oxygen atoms in total. The number of carbonyl (C=O) groups excluding carboxylic acids is 1. The molecule has 7 heteroatoms. The quantitative estimate of drug-likeness (QED) is 0.714. The molecule has 0 radical (unpaired) electrons. The summed E-state index contributed by atoms with van der Waals surface area (Å²) >= 11 is 0. The summed E-state index contributed by atoms with van der Waals surface area (Å²) in [7, 11) is 0. The molecule has 2 rings (SSSR count). The van der Waals surface area contributed by atoms with Gasteiger partial charge in [0.2, 0.25) is 0 Å². The van der Waals surface area contributed by atoms with E-state index in [2.05, 4.69) is 5.32 Å². The number of benzene rings is 2. The third-order valence-corrected chi connectivity index (χ3v) is 3.26. The zero-order valence-electron chi connectivity index (χ0n) is 14.7. The van der Waals surface area contributed by atoms with Crippen LogP contribution in [0.2, 0.25) is 0 Å². The number of carboxylic acids is 1. The minimum atomic E-state index is -1.09. The molecule has 0 spiro atoms. The number of amides is 1. The van der Waals surface area contributed by atoms with Crippen molar-refractivity contribution in [1.29, 1.82) is 0 Å². The Morgan fingerprint density at radius 3 is 2.42 bits per heavy atom. The average molecular weight is 359 g/mol. The van der Waals surface area contributed by atoms with Crippen LogP contribution in [0.3, 0.4) is 0 Å². The maximum atomic E-state index is 12.5. The minimum Gasteiger partial charge on any atom is -0.494 e. The normalized spacial score (nSPS) is 10.1. The lowest BCUT2D eigenvalue weighted by Gasteiger charge is -2.13. The van der Waals surface area contributed by atoms with Gasteiger partial charge in [0.1, 0.15) is 5.75 Å². The van der Waals surface area contributed by atoms with Crippen LogP contribution < -0.4 is 19.5 Å². The van der Waals surface area contributed by atoms with Gasteiger partial charge in [-0.1, -0.05) is 6.07 Å². The molecule has 138 valence electrons. The Hall–Kier alpha value is -3.22. The second-order valence-electron chi connectivity index (χ2n) is 5.19. The number of hydrogen-bond acceptors (Lipinski definition) is 5. The Labute approximate surface area is 151 Å². The van der Waals surface area contributed by atoms with Gasteiger partial charge in [-0.05, 0) is 44.2 Å². The largest absolute Gasteiger partial charge is 0.494 e. The molecule has 0 fully saturated rings. The molecule has 0 atom stereocenters. The van der Waals surface area contributed by atoms with Gasteiger partial charge in [-0.25, -0.2) is 4.79 Å². The van der Waals surface area contributed by atoms with E-state index in [0.717, 1.165) is 0 Å². The van der Waals surface area contributed by atoms with Crippen LogP contribution in [-0.2, 0) is 4.79 Å². The Kier molecular flexibility index (Phi) is 6.84. The van der Waals surface area contributed by atoms with E-state index in [-0.39, 0.29) is 11.7 Å². The van der Waals surface area contributed by atoms with Crippen LogP contribution in [0.4, 0.5) is 5.69 Å². The molecule has 2 N–H and O–H groups in total. The number of rotatable bonds is 9. The number of carboxylic acid groups (broad SMARTS) is 1. The second kappa shape index (κ2) is 9.31. The van der Waals surface area contributed by atoms with Crippen LogP contribution >= 0.6 is 0 Å². The first-order valence-electron chi connectivity index (χ1n) is 8.19. The Bertz CT molecular complexity index is 774. The van der Waals surface area contributed by atoms with Gasteiger partial charge in [0.15, 0.2) is 18.1 Å². The number of ether oxygens (including phenoxy) is 3. The summed E-state index contributed by atoms with van der Waals surface area (Å²) in [5.41, 5.74) is 0.961. The first kappa shape index (κ1) is 19.1. The molecule has 0 unspecified atom stereocenters. The third-order valence-electron chi connectivity index (χ3n) is 3.26. The van der Waals surface area contributed by atoms with Crippen molar-refractivity contribution < 1.29 is 28.9 Å². The molecule has 0 saturated carbocycles. The summed E-state index contributed by atoms with van der Waals surface area (Å²) in [6.45, 7) is 4.06. The molecule has 0 aliphatic rings. The number of anilines is 1. The van der Waals surface area contributed by atoms with Crippen LogP contribution in [0.5, 0.6) is 17.2 Å². The summed E-state index contributed by atoms with van der Waals surface area (Å²) in [5, 5.41) is 11.5. The highest BCUT2D eigenvalue weighted by Gasteiger charge is 2.13. The highest BCUT2D eigenvalue weighted by molar-refractivity contribution is 6.04. The molecule has 0 heterocycles. The van der Waals surface area contributed by atoms with Gasteiger partial charge < -0.3 is 24.6 Å². The van der Waals surface area contributed by atoms with Crippen molar-refractivity contribution in [3.63, 3.8) is 0 Å². The van der Waals surface area contributed by atoms with E-state index < -0.39 is 12.6 Å². The van der Waals surface area contributed by atoms with Gasteiger partial charge in [-0.3, -0.25) is 4.79 Å². The lowest BCUT2D eigenvalue weighted by molar-refractivity contribution is -0.139. The van der Waals surface area contributed by atoms with E-state index in [9.17, 15) is 9.59 Å². The fraction of sp³-hybridized carbons (Fsp3) is 0.263. The molecule has 26 heavy (non-hydrogen) atoms. The summed E-state index contributed by atoms with van der Waals surface area (Å²) in [6, 6.07) is 11.7. The highest BCUT2D eigenvalue weighted by atomic mass is 16.5.